The molecule has 26 heavy (non-hydrogen) atoms. The van der Waals surface area contributed by atoms with Crippen LogP contribution >= 0.6 is 0 Å². The lowest BCUT2D eigenvalue weighted by Crippen LogP contribution is -2.22. The maximum absolute atomic E-state index is 5.92. The van der Waals surface area contributed by atoms with Gasteiger partial charge in [-0.15, -0.1) is 0 Å². The van der Waals surface area contributed by atoms with Crippen LogP contribution in [0.3, 0.4) is 0 Å². The van der Waals surface area contributed by atoms with E-state index in [1.165, 1.54) is 11.1 Å². The Morgan fingerprint density at radius 3 is 2.38 bits per heavy atom. The van der Waals surface area contributed by atoms with Crippen molar-refractivity contribution in [2.45, 2.75) is 33.5 Å². The molecule has 0 radical (unpaired) electrons. The molecule has 0 aliphatic rings. The second-order valence-corrected chi connectivity index (χ2v) is 6.47. The van der Waals surface area contributed by atoms with Crippen LogP contribution in [0.2, 0.25) is 0 Å². The summed E-state index contributed by atoms with van der Waals surface area (Å²) in [5.74, 6) is 1.69. The van der Waals surface area contributed by atoms with Gasteiger partial charge in [-0.05, 0) is 36.3 Å². The molecule has 4 heteroatoms. The van der Waals surface area contributed by atoms with Crippen molar-refractivity contribution < 1.29 is 9.15 Å². The van der Waals surface area contributed by atoms with Crippen LogP contribution in [-0.4, -0.2) is 25.1 Å². The van der Waals surface area contributed by atoms with E-state index < -0.39 is 0 Å². The Kier molecular flexibility index (Phi) is 6.31. The largest absolute Gasteiger partial charge is 0.493 e. The second-order valence-electron chi connectivity index (χ2n) is 6.47. The molecule has 138 valence electrons. The highest BCUT2D eigenvalue weighted by atomic mass is 16.5. The van der Waals surface area contributed by atoms with Crippen LogP contribution in [0.5, 0.6) is 5.75 Å². The summed E-state index contributed by atoms with van der Waals surface area (Å²) in [4.78, 5) is 2.42. The Balaban J connectivity index is 1.55. The highest BCUT2D eigenvalue weighted by Crippen LogP contribution is 2.28. The van der Waals surface area contributed by atoms with Gasteiger partial charge in [0.05, 0.1) is 13.7 Å². The van der Waals surface area contributed by atoms with E-state index in [9.17, 15) is 0 Å². The Morgan fingerprint density at radius 1 is 0.962 bits per heavy atom. The van der Waals surface area contributed by atoms with Gasteiger partial charge >= 0.3 is 0 Å². The third kappa shape index (κ3) is 4.45. The lowest BCUT2D eigenvalue weighted by atomic mass is 10.1. The normalized spacial score (nSPS) is 11.4. The van der Waals surface area contributed by atoms with Crippen LogP contribution in [-0.2, 0) is 19.6 Å². The van der Waals surface area contributed by atoms with Gasteiger partial charge in [0.15, 0.2) is 11.3 Å². The molecule has 0 aliphatic heterocycles. The number of ether oxygens (including phenoxy) is 1. The second kappa shape index (κ2) is 8.88. The molecule has 2 aromatic carbocycles. The first-order valence-corrected chi connectivity index (χ1v) is 9.29. The van der Waals surface area contributed by atoms with Gasteiger partial charge in [-0.3, -0.25) is 4.90 Å². The van der Waals surface area contributed by atoms with E-state index in [0.717, 1.165) is 48.7 Å². The summed E-state index contributed by atoms with van der Waals surface area (Å²) in [6.45, 7) is 9.11. The van der Waals surface area contributed by atoms with Crippen molar-refractivity contribution in [3.63, 3.8) is 0 Å². The van der Waals surface area contributed by atoms with Crippen molar-refractivity contribution in [3.8, 4) is 5.75 Å². The lowest BCUT2D eigenvalue weighted by molar-refractivity contribution is 0.296. The average Bonchev–Trinajstić information content (AvgIpc) is 3.10. The summed E-state index contributed by atoms with van der Waals surface area (Å²) in [7, 11) is 1.67. The van der Waals surface area contributed by atoms with Gasteiger partial charge in [0.25, 0.3) is 0 Å². The number of benzene rings is 2. The third-order valence-electron chi connectivity index (χ3n) is 4.73. The van der Waals surface area contributed by atoms with Gasteiger partial charge in [0, 0.05) is 18.5 Å². The first kappa shape index (κ1) is 18.5. The molecule has 4 nitrogen and oxygen atoms in total. The molecule has 0 amide bonds. The van der Waals surface area contributed by atoms with E-state index in [1.54, 1.807) is 7.11 Å². The molecular weight excluding hydrogens is 324 g/mol. The van der Waals surface area contributed by atoms with Crippen LogP contribution < -0.4 is 10.1 Å². The zero-order chi connectivity index (χ0) is 18.4. The molecule has 1 aromatic heterocycles. The Labute approximate surface area is 155 Å². The minimum Gasteiger partial charge on any atom is -0.493 e. The number of furan rings is 1. The van der Waals surface area contributed by atoms with E-state index in [-0.39, 0.29) is 0 Å². The fourth-order valence-corrected chi connectivity index (χ4v) is 3.14. The first-order valence-electron chi connectivity index (χ1n) is 9.29. The maximum Gasteiger partial charge on any atom is 0.176 e. The number of hydrogen-bond donors (Lipinski definition) is 1. The lowest BCUT2D eigenvalue weighted by Gasteiger charge is -2.18. The molecule has 3 aromatic rings. The highest BCUT2D eigenvalue weighted by molar-refractivity contribution is 5.83. The minimum absolute atomic E-state index is 0.693. The van der Waals surface area contributed by atoms with Gasteiger partial charge in [0.2, 0.25) is 0 Å². The summed E-state index contributed by atoms with van der Waals surface area (Å²) in [5, 5.41) is 4.53. The van der Waals surface area contributed by atoms with Gasteiger partial charge in [0.1, 0.15) is 5.76 Å². The average molecular weight is 352 g/mol. The van der Waals surface area contributed by atoms with E-state index in [4.69, 9.17) is 9.15 Å². The first-order chi connectivity index (χ1) is 12.7. The molecule has 1 N–H and O–H groups in total. The maximum atomic E-state index is 5.92. The summed E-state index contributed by atoms with van der Waals surface area (Å²) >= 11 is 0. The topological polar surface area (TPSA) is 37.6 Å². The zero-order valence-electron chi connectivity index (χ0n) is 15.9. The van der Waals surface area contributed by atoms with Crippen LogP contribution in [0.4, 0.5) is 0 Å². The number of nitrogens with one attached hydrogen (secondary N) is 1. The van der Waals surface area contributed by atoms with Crippen molar-refractivity contribution in [1.29, 1.82) is 0 Å². The van der Waals surface area contributed by atoms with E-state index in [1.807, 2.05) is 18.2 Å². The van der Waals surface area contributed by atoms with Crippen molar-refractivity contribution in [1.82, 2.24) is 10.2 Å². The summed E-state index contributed by atoms with van der Waals surface area (Å²) < 4.78 is 11.3. The van der Waals surface area contributed by atoms with Crippen molar-refractivity contribution in [3.05, 3.63) is 65.4 Å². The number of methoxy groups -OCH3 is 1. The van der Waals surface area contributed by atoms with Crippen molar-refractivity contribution >= 4 is 11.0 Å². The number of para-hydroxylation sites is 1. The summed E-state index contributed by atoms with van der Waals surface area (Å²) in [6, 6.07) is 16.9. The standard InChI is InChI=1S/C22H28N2O2/c1-4-24(5-2)16-18-11-9-17(10-12-18)14-23-15-20-13-19-7-6-8-21(25-3)22(19)26-20/h6-13,23H,4-5,14-16H2,1-3H3. The molecule has 3 rings (SSSR count). The fourth-order valence-electron chi connectivity index (χ4n) is 3.14. The number of hydrogen-bond acceptors (Lipinski definition) is 4. The molecule has 0 aliphatic carbocycles. The fraction of sp³-hybridized carbons (Fsp3) is 0.364. The predicted molar refractivity (Wildman–Crippen MR) is 106 cm³/mol. The highest BCUT2D eigenvalue weighted by Gasteiger charge is 2.08. The Bertz CT molecular complexity index is 820. The molecule has 0 unspecified atom stereocenters. The van der Waals surface area contributed by atoms with Gasteiger partial charge in [-0.2, -0.15) is 0 Å². The van der Waals surface area contributed by atoms with Crippen molar-refractivity contribution in [2.75, 3.05) is 20.2 Å². The Morgan fingerprint density at radius 2 is 1.69 bits per heavy atom. The van der Waals surface area contributed by atoms with Crippen LogP contribution in [0, 0.1) is 0 Å². The smallest absolute Gasteiger partial charge is 0.176 e. The molecule has 0 bridgehead atoms. The van der Waals surface area contributed by atoms with E-state index in [0.29, 0.717) is 6.54 Å². The minimum atomic E-state index is 0.693. The molecule has 0 atom stereocenters. The predicted octanol–water partition coefficient (Wildman–Crippen LogP) is 4.57. The molecule has 0 spiro atoms. The molecule has 0 saturated carbocycles. The third-order valence-corrected chi connectivity index (χ3v) is 4.73. The van der Waals surface area contributed by atoms with Crippen LogP contribution in [0.15, 0.2) is 52.9 Å². The molecular formula is C22H28N2O2. The quantitative estimate of drug-likeness (QED) is 0.612. The van der Waals surface area contributed by atoms with Gasteiger partial charge in [-0.1, -0.05) is 50.2 Å². The molecule has 1 heterocycles. The van der Waals surface area contributed by atoms with Gasteiger partial charge in [-0.25, -0.2) is 0 Å². The number of fused-ring (bicyclic) bond motifs is 1. The van der Waals surface area contributed by atoms with Crippen LogP contribution in [0.25, 0.3) is 11.0 Å². The number of nitrogens with zero attached hydrogens (tertiary/aromatic N) is 1. The SMILES string of the molecule is CCN(CC)Cc1ccc(CNCc2cc3cccc(OC)c3o2)cc1. The monoisotopic (exact) mass is 352 g/mol. The van der Waals surface area contributed by atoms with Crippen LogP contribution in [0.1, 0.15) is 30.7 Å². The summed E-state index contributed by atoms with van der Waals surface area (Å²) in [5.41, 5.74) is 3.45. The summed E-state index contributed by atoms with van der Waals surface area (Å²) in [6.07, 6.45) is 0. The van der Waals surface area contributed by atoms with Crippen molar-refractivity contribution in [2.24, 2.45) is 0 Å². The molecule has 0 saturated heterocycles. The van der Waals surface area contributed by atoms with Gasteiger partial charge < -0.3 is 14.5 Å². The van der Waals surface area contributed by atoms with E-state index >= 15 is 0 Å². The Hall–Kier alpha value is -2.30. The zero-order valence-corrected chi connectivity index (χ0v) is 15.9. The van der Waals surface area contributed by atoms with E-state index in [2.05, 4.69) is 54.4 Å². The number of rotatable bonds is 9. The molecule has 0 fully saturated rings.